The van der Waals surface area contributed by atoms with E-state index in [0.29, 0.717) is 5.56 Å². The number of aryl methyl sites for hydroxylation is 1. The van der Waals surface area contributed by atoms with E-state index in [1.165, 1.54) is 6.07 Å². The Hall–Kier alpha value is -2.29. The van der Waals surface area contributed by atoms with Gasteiger partial charge in [-0.25, -0.2) is 0 Å². The molecule has 0 aliphatic rings. The highest BCUT2D eigenvalue weighted by molar-refractivity contribution is 5.94. The van der Waals surface area contributed by atoms with Crippen molar-refractivity contribution in [3.8, 4) is 5.75 Å². The van der Waals surface area contributed by atoms with Crippen LogP contribution >= 0.6 is 0 Å². The van der Waals surface area contributed by atoms with Gasteiger partial charge in [0.2, 0.25) is 0 Å². The number of phenolic OH excluding ortho intramolecular Hbond substituents is 1. The average Bonchev–Trinajstić information content (AvgIpc) is 2.39. The van der Waals surface area contributed by atoms with E-state index >= 15 is 0 Å². The number of aromatic hydroxyl groups is 1. The highest BCUT2D eigenvalue weighted by Gasteiger charge is 2.12. The van der Waals surface area contributed by atoms with E-state index in [1.807, 2.05) is 38.1 Å². The second-order valence-corrected chi connectivity index (χ2v) is 4.60. The van der Waals surface area contributed by atoms with Crippen LogP contribution in [0.25, 0.3) is 0 Å². The molecule has 0 aliphatic carbocycles. The highest BCUT2D eigenvalue weighted by atomic mass is 16.3. The van der Waals surface area contributed by atoms with E-state index in [0.717, 1.165) is 11.1 Å². The van der Waals surface area contributed by atoms with Crippen LogP contribution < -0.4 is 5.32 Å². The van der Waals surface area contributed by atoms with Gasteiger partial charge in [-0.05, 0) is 43.2 Å². The Morgan fingerprint density at radius 2 is 1.89 bits per heavy atom. The van der Waals surface area contributed by atoms with E-state index in [9.17, 15) is 9.90 Å². The van der Waals surface area contributed by atoms with Gasteiger partial charge in [-0.1, -0.05) is 30.3 Å². The van der Waals surface area contributed by atoms with Crippen molar-refractivity contribution in [2.24, 2.45) is 0 Å². The summed E-state index contributed by atoms with van der Waals surface area (Å²) in [6.45, 7) is 3.97. The van der Waals surface area contributed by atoms with Crippen LogP contribution in [0.1, 0.15) is 34.5 Å². The number of rotatable bonds is 3. The average molecular weight is 255 g/mol. The molecule has 0 fully saturated rings. The number of hydrogen-bond acceptors (Lipinski definition) is 2. The lowest BCUT2D eigenvalue weighted by molar-refractivity contribution is 0.0939. The normalized spacial score (nSPS) is 11.9. The summed E-state index contributed by atoms with van der Waals surface area (Å²) in [6.07, 6.45) is 0. The summed E-state index contributed by atoms with van der Waals surface area (Å²) < 4.78 is 0. The maximum Gasteiger partial charge on any atom is 0.251 e. The molecular formula is C16H17NO2. The first-order chi connectivity index (χ1) is 9.08. The molecule has 2 aromatic carbocycles. The van der Waals surface area contributed by atoms with Gasteiger partial charge >= 0.3 is 0 Å². The summed E-state index contributed by atoms with van der Waals surface area (Å²) in [5, 5.41) is 12.3. The van der Waals surface area contributed by atoms with Crippen LogP contribution in [-0.4, -0.2) is 11.0 Å². The summed E-state index contributed by atoms with van der Waals surface area (Å²) in [4.78, 5) is 12.1. The predicted molar refractivity (Wildman–Crippen MR) is 75.2 cm³/mol. The SMILES string of the molecule is Cc1ccccc1C(C)NC(=O)c1cccc(O)c1. The van der Waals surface area contributed by atoms with E-state index in [-0.39, 0.29) is 17.7 Å². The second kappa shape index (κ2) is 5.57. The van der Waals surface area contributed by atoms with Crippen molar-refractivity contribution in [2.75, 3.05) is 0 Å². The first kappa shape index (κ1) is 13.1. The minimum atomic E-state index is -0.188. The minimum absolute atomic E-state index is 0.0731. The van der Waals surface area contributed by atoms with Gasteiger partial charge in [-0.2, -0.15) is 0 Å². The number of hydrogen-bond donors (Lipinski definition) is 2. The van der Waals surface area contributed by atoms with Gasteiger partial charge in [-0.15, -0.1) is 0 Å². The molecule has 0 heterocycles. The molecule has 1 amide bonds. The van der Waals surface area contributed by atoms with Crippen molar-refractivity contribution < 1.29 is 9.90 Å². The molecule has 0 spiro atoms. The fraction of sp³-hybridized carbons (Fsp3) is 0.188. The third kappa shape index (κ3) is 3.13. The standard InChI is InChI=1S/C16H17NO2/c1-11-6-3-4-9-15(11)12(2)17-16(19)13-7-5-8-14(18)10-13/h3-10,12,18H,1-2H3,(H,17,19). The Morgan fingerprint density at radius 1 is 1.16 bits per heavy atom. The molecule has 0 saturated carbocycles. The fourth-order valence-electron chi connectivity index (χ4n) is 2.08. The van der Waals surface area contributed by atoms with Crippen LogP contribution in [0.15, 0.2) is 48.5 Å². The summed E-state index contributed by atoms with van der Waals surface area (Å²) in [5.41, 5.74) is 2.70. The van der Waals surface area contributed by atoms with Crippen LogP contribution in [0.5, 0.6) is 5.75 Å². The molecule has 1 atom stereocenters. The first-order valence-electron chi connectivity index (χ1n) is 6.23. The van der Waals surface area contributed by atoms with Crippen molar-refractivity contribution in [3.05, 3.63) is 65.2 Å². The van der Waals surface area contributed by atoms with Gasteiger partial charge in [0.25, 0.3) is 5.91 Å². The Morgan fingerprint density at radius 3 is 2.58 bits per heavy atom. The number of nitrogens with one attached hydrogen (secondary N) is 1. The lowest BCUT2D eigenvalue weighted by Gasteiger charge is -2.16. The van der Waals surface area contributed by atoms with Crippen molar-refractivity contribution in [1.82, 2.24) is 5.32 Å². The lowest BCUT2D eigenvalue weighted by Crippen LogP contribution is -2.27. The maximum atomic E-state index is 12.1. The van der Waals surface area contributed by atoms with Crippen LogP contribution in [0, 0.1) is 6.92 Å². The van der Waals surface area contributed by atoms with Crippen molar-refractivity contribution in [3.63, 3.8) is 0 Å². The van der Waals surface area contributed by atoms with Gasteiger partial charge < -0.3 is 10.4 Å². The van der Waals surface area contributed by atoms with Crippen molar-refractivity contribution in [2.45, 2.75) is 19.9 Å². The van der Waals surface area contributed by atoms with Crippen molar-refractivity contribution in [1.29, 1.82) is 0 Å². The molecule has 0 bridgehead atoms. The van der Waals surface area contributed by atoms with Gasteiger partial charge in [0.15, 0.2) is 0 Å². The lowest BCUT2D eigenvalue weighted by atomic mass is 10.0. The van der Waals surface area contributed by atoms with E-state index in [4.69, 9.17) is 0 Å². The zero-order valence-corrected chi connectivity index (χ0v) is 11.1. The molecule has 3 nitrogen and oxygen atoms in total. The Labute approximate surface area is 112 Å². The summed E-state index contributed by atoms with van der Waals surface area (Å²) in [7, 11) is 0. The van der Waals surface area contributed by atoms with Gasteiger partial charge in [0, 0.05) is 5.56 Å². The topological polar surface area (TPSA) is 49.3 Å². The molecule has 0 aromatic heterocycles. The number of carbonyl (C=O) groups is 1. The molecule has 19 heavy (non-hydrogen) atoms. The smallest absolute Gasteiger partial charge is 0.251 e. The third-order valence-corrected chi connectivity index (χ3v) is 3.11. The zero-order valence-electron chi connectivity index (χ0n) is 11.1. The molecular weight excluding hydrogens is 238 g/mol. The van der Waals surface area contributed by atoms with Gasteiger partial charge in [0.1, 0.15) is 5.75 Å². The number of amides is 1. The highest BCUT2D eigenvalue weighted by Crippen LogP contribution is 2.18. The van der Waals surface area contributed by atoms with Crippen molar-refractivity contribution >= 4 is 5.91 Å². The van der Waals surface area contributed by atoms with Gasteiger partial charge in [0.05, 0.1) is 6.04 Å². The molecule has 98 valence electrons. The molecule has 2 N–H and O–H groups in total. The van der Waals surface area contributed by atoms with Crippen LogP contribution in [0.2, 0.25) is 0 Å². The zero-order chi connectivity index (χ0) is 13.8. The quantitative estimate of drug-likeness (QED) is 0.885. The van der Waals surface area contributed by atoms with E-state index in [1.54, 1.807) is 18.2 Å². The van der Waals surface area contributed by atoms with Gasteiger partial charge in [-0.3, -0.25) is 4.79 Å². The van der Waals surface area contributed by atoms with E-state index < -0.39 is 0 Å². The Kier molecular flexibility index (Phi) is 3.85. The molecule has 1 unspecified atom stereocenters. The van der Waals surface area contributed by atoms with E-state index in [2.05, 4.69) is 5.32 Å². The molecule has 2 rings (SSSR count). The van der Waals surface area contributed by atoms with Crippen LogP contribution in [-0.2, 0) is 0 Å². The predicted octanol–water partition coefficient (Wildman–Crippen LogP) is 3.19. The largest absolute Gasteiger partial charge is 0.508 e. The second-order valence-electron chi connectivity index (χ2n) is 4.60. The number of phenols is 1. The molecule has 0 saturated heterocycles. The summed E-state index contributed by atoms with van der Waals surface area (Å²) in [6, 6.07) is 14.2. The molecule has 0 radical (unpaired) electrons. The fourth-order valence-corrected chi connectivity index (χ4v) is 2.08. The number of carbonyl (C=O) groups excluding carboxylic acids is 1. The third-order valence-electron chi connectivity index (χ3n) is 3.11. The van der Waals surface area contributed by atoms with Crippen LogP contribution in [0.4, 0.5) is 0 Å². The monoisotopic (exact) mass is 255 g/mol. The molecule has 2 aromatic rings. The Bertz CT molecular complexity index is 593. The first-order valence-corrected chi connectivity index (χ1v) is 6.23. The van der Waals surface area contributed by atoms with Crippen LogP contribution in [0.3, 0.4) is 0 Å². The molecule has 3 heteroatoms. The molecule has 0 aliphatic heterocycles. The summed E-state index contributed by atoms with van der Waals surface area (Å²) in [5.74, 6) is -0.0946. The summed E-state index contributed by atoms with van der Waals surface area (Å²) >= 11 is 0. The Balaban J connectivity index is 2.13. The number of benzene rings is 2. The minimum Gasteiger partial charge on any atom is -0.508 e. The maximum absolute atomic E-state index is 12.1.